The highest BCUT2D eigenvalue weighted by Gasteiger charge is 2.28. The van der Waals surface area contributed by atoms with E-state index >= 15 is 0 Å². The van der Waals surface area contributed by atoms with E-state index < -0.39 is 0 Å². The molecule has 6 nitrogen and oxygen atoms in total. The number of fused-ring (bicyclic) bond motifs is 1. The first-order chi connectivity index (χ1) is 10.3. The monoisotopic (exact) mass is 301 g/mol. The fourth-order valence-electron chi connectivity index (χ4n) is 2.87. The highest BCUT2D eigenvalue weighted by molar-refractivity contribution is 7.15. The lowest BCUT2D eigenvalue weighted by Crippen LogP contribution is -2.21. The Balaban J connectivity index is 1.51. The minimum absolute atomic E-state index is 0.323. The zero-order valence-corrected chi connectivity index (χ0v) is 12.3. The van der Waals surface area contributed by atoms with E-state index in [4.69, 9.17) is 15.0 Å². The summed E-state index contributed by atoms with van der Waals surface area (Å²) in [5.41, 5.74) is 1.82. The van der Waals surface area contributed by atoms with E-state index in [-0.39, 0.29) is 0 Å². The van der Waals surface area contributed by atoms with Crippen LogP contribution in [0.25, 0.3) is 0 Å². The molecule has 0 saturated carbocycles. The van der Waals surface area contributed by atoms with E-state index in [9.17, 15) is 0 Å². The van der Waals surface area contributed by atoms with E-state index in [1.165, 1.54) is 10.6 Å². The van der Waals surface area contributed by atoms with Crippen LogP contribution in [0, 0.1) is 11.3 Å². The summed E-state index contributed by atoms with van der Waals surface area (Å²) < 4.78 is 7.40. The van der Waals surface area contributed by atoms with Crippen LogP contribution in [-0.2, 0) is 17.8 Å². The third-order valence-corrected chi connectivity index (χ3v) is 5.15. The minimum Gasteiger partial charge on any atom is -0.375 e. The standard InChI is InChI=1S/C14H15N5OS/c15-5-10-6-16-19(7-10)11-1-3-18(8-11)14-17-12-2-4-20-9-13(12)21-14/h6-7,11H,1-4,8-9H2. The number of ether oxygens (including phenoxy) is 1. The van der Waals surface area contributed by atoms with E-state index in [2.05, 4.69) is 16.1 Å². The number of rotatable bonds is 2. The van der Waals surface area contributed by atoms with Gasteiger partial charge in [0.05, 0.1) is 41.6 Å². The summed E-state index contributed by atoms with van der Waals surface area (Å²) in [6.45, 7) is 3.37. The van der Waals surface area contributed by atoms with Crippen molar-refractivity contribution < 1.29 is 4.74 Å². The van der Waals surface area contributed by atoms with Gasteiger partial charge in [0.25, 0.3) is 0 Å². The van der Waals surface area contributed by atoms with Crippen LogP contribution in [0.3, 0.4) is 0 Å². The van der Waals surface area contributed by atoms with Crippen LogP contribution in [0.5, 0.6) is 0 Å². The van der Waals surface area contributed by atoms with Gasteiger partial charge in [0.1, 0.15) is 6.07 Å². The highest BCUT2D eigenvalue weighted by atomic mass is 32.1. The highest BCUT2D eigenvalue weighted by Crippen LogP contribution is 2.33. The van der Waals surface area contributed by atoms with Gasteiger partial charge in [-0.15, -0.1) is 0 Å². The van der Waals surface area contributed by atoms with Gasteiger partial charge in [-0.25, -0.2) is 4.98 Å². The second kappa shape index (κ2) is 5.13. The van der Waals surface area contributed by atoms with Crippen molar-refractivity contribution in [3.8, 4) is 6.07 Å². The summed E-state index contributed by atoms with van der Waals surface area (Å²) >= 11 is 1.75. The first-order valence-electron chi connectivity index (χ1n) is 7.09. The Morgan fingerprint density at radius 2 is 2.43 bits per heavy atom. The number of nitriles is 1. The van der Waals surface area contributed by atoms with Gasteiger partial charge in [0.2, 0.25) is 0 Å². The van der Waals surface area contributed by atoms with Crippen molar-refractivity contribution in [1.82, 2.24) is 14.8 Å². The van der Waals surface area contributed by atoms with Crippen LogP contribution in [0.2, 0.25) is 0 Å². The Labute approximate surface area is 126 Å². The lowest BCUT2D eigenvalue weighted by Gasteiger charge is -2.15. The van der Waals surface area contributed by atoms with Gasteiger partial charge in [0, 0.05) is 25.7 Å². The Kier molecular flexibility index (Phi) is 3.13. The molecule has 2 aromatic rings. The molecule has 2 aliphatic heterocycles. The Hall–Kier alpha value is -1.91. The lowest BCUT2D eigenvalue weighted by atomic mass is 10.2. The summed E-state index contributed by atoms with van der Waals surface area (Å²) in [6.07, 6.45) is 5.41. The Bertz CT molecular complexity index is 677. The second-order valence-corrected chi connectivity index (χ2v) is 6.44. The summed E-state index contributed by atoms with van der Waals surface area (Å²) in [4.78, 5) is 8.35. The van der Waals surface area contributed by atoms with Gasteiger partial charge in [0.15, 0.2) is 5.13 Å². The molecule has 0 spiro atoms. The molecule has 1 unspecified atom stereocenters. The fraction of sp³-hybridized carbons (Fsp3) is 0.500. The van der Waals surface area contributed by atoms with Crippen molar-refractivity contribution >= 4 is 16.5 Å². The molecule has 0 N–H and O–H groups in total. The number of hydrogen-bond acceptors (Lipinski definition) is 6. The first kappa shape index (κ1) is 12.8. The molecule has 0 amide bonds. The zero-order chi connectivity index (χ0) is 14.2. The Morgan fingerprint density at radius 1 is 1.48 bits per heavy atom. The summed E-state index contributed by atoms with van der Waals surface area (Å²) in [5.74, 6) is 0. The minimum atomic E-state index is 0.323. The molecule has 2 aliphatic rings. The van der Waals surface area contributed by atoms with Crippen molar-refractivity contribution in [3.63, 3.8) is 0 Å². The largest absolute Gasteiger partial charge is 0.375 e. The average Bonchev–Trinajstić information content (AvgIpc) is 3.24. The topological polar surface area (TPSA) is 67.0 Å². The van der Waals surface area contributed by atoms with E-state index in [1.54, 1.807) is 17.5 Å². The van der Waals surface area contributed by atoms with E-state index in [0.29, 0.717) is 18.2 Å². The predicted octanol–water partition coefficient (Wildman–Crippen LogP) is 1.74. The molecule has 21 heavy (non-hydrogen) atoms. The van der Waals surface area contributed by atoms with Gasteiger partial charge < -0.3 is 9.64 Å². The fourth-order valence-corrected chi connectivity index (χ4v) is 3.95. The molecule has 7 heteroatoms. The van der Waals surface area contributed by atoms with Gasteiger partial charge in [-0.1, -0.05) is 11.3 Å². The van der Waals surface area contributed by atoms with Crippen LogP contribution in [-0.4, -0.2) is 34.5 Å². The van der Waals surface area contributed by atoms with E-state index in [0.717, 1.165) is 37.7 Å². The molecule has 1 fully saturated rings. The van der Waals surface area contributed by atoms with Gasteiger partial charge in [-0.3, -0.25) is 4.68 Å². The summed E-state index contributed by atoms with van der Waals surface area (Å²) in [7, 11) is 0. The molecule has 108 valence electrons. The molecule has 0 radical (unpaired) electrons. The maximum absolute atomic E-state index is 8.88. The van der Waals surface area contributed by atoms with Crippen LogP contribution >= 0.6 is 11.3 Å². The van der Waals surface area contributed by atoms with Crippen molar-refractivity contribution in [1.29, 1.82) is 5.26 Å². The summed E-state index contributed by atoms with van der Waals surface area (Å²) in [5, 5.41) is 14.3. The van der Waals surface area contributed by atoms with Gasteiger partial charge >= 0.3 is 0 Å². The smallest absolute Gasteiger partial charge is 0.185 e. The molecule has 4 rings (SSSR count). The molecule has 1 saturated heterocycles. The number of thiazole rings is 1. The molecule has 0 aliphatic carbocycles. The maximum atomic E-state index is 8.88. The van der Waals surface area contributed by atoms with Crippen molar-refractivity contribution in [2.24, 2.45) is 0 Å². The SMILES string of the molecule is N#Cc1cnn(C2CCN(c3nc4c(s3)COCC4)C2)c1. The van der Waals surface area contributed by atoms with Crippen LogP contribution in [0.15, 0.2) is 12.4 Å². The van der Waals surface area contributed by atoms with Crippen LogP contribution < -0.4 is 4.90 Å². The zero-order valence-electron chi connectivity index (χ0n) is 11.5. The Morgan fingerprint density at radius 3 is 3.24 bits per heavy atom. The molecule has 2 aromatic heterocycles. The maximum Gasteiger partial charge on any atom is 0.185 e. The quantitative estimate of drug-likeness (QED) is 0.845. The van der Waals surface area contributed by atoms with E-state index in [1.807, 2.05) is 10.9 Å². The average molecular weight is 301 g/mol. The van der Waals surface area contributed by atoms with Crippen LogP contribution in [0.1, 0.15) is 28.6 Å². The molecular weight excluding hydrogens is 286 g/mol. The van der Waals surface area contributed by atoms with Gasteiger partial charge in [-0.05, 0) is 6.42 Å². The molecule has 0 bridgehead atoms. The number of anilines is 1. The molecule has 1 atom stereocenters. The first-order valence-corrected chi connectivity index (χ1v) is 7.90. The number of aromatic nitrogens is 3. The molecule has 0 aromatic carbocycles. The van der Waals surface area contributed by atoms with Crippen molar-refractivity contribution in [3.05, 3.63) is 28.5 Å². The molecule has 4 heterocycles. The number of hydrogen-bond donors (Lipinski definition) is 0. The van der Waals surface area contributed by atoms with Crippen molar-refractivity contribution in [2.45, 2.75) is 25.5 Å². The second-order valence-electron chi connectivity index (χ2n) is 5.38. The number of nitrogens with zero attached hydrogens (tertiary/aromatic N) is 5. The predicted molar refractivity (Wildman–Crippen MR) is 78.3 cm³/mol. The third kappa shape index (κ3) is 2.30. The van der Waals surface area contributed by atoms with Crippen molar-refractivity contribution in [2.75, 3.05) is 24.6 Å². The van der Waals surface area contributed by atoms with Gasteiger partial charge in [-0.2, -0.15) is 10.4 Å². The third-order valence-electron chi connectivity index (χ3n) is 4.02. The lowest BCUT2D eigenvalue weighted by molar-refractivity contribution is 0.112. The van der Waals surface area contributed by atoms with Crippen LogP contribution in [0.4, 0.5) is 5.13 Å². The normalized spacial score (nSPS) is 21.3. The summed E-state index contributed by atoms with van der Waals surface area (Å²) in [6, 6.07) is 2.45. The molecular formula is C14H15N5OS.